The molecule has 2 unspecified atom stereocenters. The number of carbonyl (C=O) groups excluding carboxylic acids is 3. The number of rotatable bonds is 4. The number of carbonyl (C=O) groups is 3. The third kappa shape index (κ3) is 4.03. The van der Waals surface area contributed by atoms with E-state index in [2.05, 4.69) is 10.2 Å². The predicted molar refractivity (Wildman–Crippen MR) is 113 cm³/mol. The van der Waals surface area contributed by atoms with Crippen LogP contribution in [0.15, 0.2) is 0 Å². The van der Waals surface area contributed by atoms with Gasteiger partial charge in [0.25, 0.3) is 0 Å². The van der Waals surface area contributed by atoms with E-state index in [1.165, 1.54) is 13.8 Å². The van der Waals surface area contributed by atoms with Gasteiger partial charge in [0.1, 0.15) is 18.3 Å². The minimum atomic E-state index is -0.861. The van der Waals surface area contributed by atoms with Crippen LogP contribution in [-0.4, -0.2) is 85.1 Å². The highest BCUT2D eigenvalue weighted by atomic mass is 16.6. The molecule has 4 fully saturated rings. The Morgan fingerprint density at radius 1 is 1.19 bits per heavy atom. The van der Waals surface area contributed by atoms with Gasteiger partial charge in [0.15, 0.2) is 0 Å². The van der Waals surface area contributed by atoms with Crippen LogP contribution < -0.4 is 5.32 Å². The van der Waals surface area contributed by atoms with Crippen molar-refractivity contribution >= 4 is 17.9 Å². The second-order valence-electron chi connectivity index (χ2n) is 10.2. The summed E-state index contributed by atoms with van der Waals surface area (Å²) in [5.74, 6) is -2.11. The first-order valence-corrected chi connectivity index (χ1v) is 11.8. The minimum Gasteiger partial charge on any atom is -0.462 e. The van der Waals surface area contributed by atoms with Crippen molar-refractivity contribution in [3.63, 3.8) is 0 Å². The Hall–Kier alpha value is -1.71. The van der Waals surface area contributed by atoms with Crippen LogP contribution in [0.2, 0.25) is 0 Å². The van der Waals surface area contributed by atoms with Crippen LogP contribution in [0.25, 0.3) is 0 Å². The molecule has 0 aromatic heterocycles. The zero-order valence-electron chi connectivity index (χ0n) is 19.4. The highest BCUT2D eigenvalue weighted by molar-refractivity contribution is 5.76. The molecule has 0 spiro atoms. The smallest absolute Gasteiger partial charge is 0.311 e. The van der Waals surface area contributed by atoms with Crippen molar-refractivity contribution in [2.45, 2.75) is 65.0 Å². The SMILES string of the molecule is CC(=O)O[C@@H]1[C@@H]2C(CN3CCNCC3)C(=O)O[C@H]2C[C@H](C)C2[C@H](OC(C)=O)C[C@@H](O)[C@]21C. The van der Waals surface area contributed by atoms with E-state index >= 15 is 0 Å². The molecular weight excluding hydrogens is 416 g/mol. The molecule has 0 bridgehead atoms. The van der Waals surface area contributed by atoms with Gasteiger partial charge in [-0.25, -0.2) is 0 Å². The summed E-state index contributed by atoms with van der Waals surface area (Å²) in [7, 11) is 0. The maximum absolute atomic E-state index is 13.0. The molecular formula is C23H36N2O7. The first kappa shape index (κ1) is 23.4. The van der Waals surface area contributed by atoms with Crippen LogP contribution in [0.4, 0.5) is 0 Å². The minimum absolute atomic E-state index is 0.000273. The van der Waals surface area contributed by atoms with Crippen molar-refractivity contribution in [3.05, 3.63) is 0 Å². The quantitative estimate of drug-likeness (QED) is 0.460. The Bertz CT molecular complexity index is 755. The molecule has 2 saturated heterocycles. The summed E-state index contributed by atoms with van der Waals surface area (Å²) in [5.41, 5.74) is -0.861. The molecule has 9 nitrogen and oxygen atoms in total. The number of hydrogen-bond acceptors (Lipinski definition) is 9. The second-order valence-corrected chi connectivity index (χ2v) is 10.2. The largest absolute Gasteiger partial charge is 0.462 e. The Morgan fingerprint density at radius 2 is 1.84 bits per heavy atom. The van der Waals surface area contributed by atoms with E-state index in [1.807, 2.05) is 13.8 Å². The van der Waals surface area contributed by atoms with Gasteiger partial charge in [-0.15, -0.1) is 0 Å². The van der Waals surface area contributed by atoms with Crippen LogP contribution in [0.5, 0.6) is 0 Å². The van der Waals surface area contributed by atoms with Crippen molar-refractivity contribution in [1.82, 2.24) is 10.2 Å². The Labute approximate surface area is 189 Å². The van der Waals surface area contributed by atoms with Crippen LogP contribution in [-0.2, 0) is 28.6 Å². The molecule has 32 heavy (non-hydrogen) atoms. The van der Waals surface area contributed by atoms with Gasteiger partial charge in [0, 0.05) is 70.2 Å². The number of aliphatic hydroxyl groups excluding tert-OH is 1. The monoisotopic (exact) mass is 452 g/mol. The molecule has 4 rings (SSSR count). The number of aliphatic hydroxyl groups is 1. The summed E-state index contributed by atoms with van der Waals surface area (Å²) in [6, 6.07) is 0. The molecule has 9 heteroatoms. The van der Waals surface area contributed by atoms with Gasteiger partial charge in [0.05, 0.1) is 12.0 Å². The van der Waals surface area contributed by atoms with E-state index in [9.17, 15) is 19.5 Å². The van der Waals surface area contributed by atoms with E-state index in [1.54, 1.807) is 0 Å². The number of ether oxygens (including phenoxy) is 3. The Morgan fingerprint density at radius 3 is 2.47 bits per heavy atom. The third-order valence-corrected chi connectivity index (χ3v) is 8.21. The fraction of sp³-hybridized carbons (Fsp3) is 0.870. The van der Waals surface area contributed by atoms with E-state index < -0.39 is 47.7 Å². The topological polar surface area (TPSA) is 114 Å². The molecule has 0 aromatic rings. The molecule has 2 saturated carbocycles. The molecule has 0 amide bonds. The fourth-order valence-corrected chi connectivity index (χ4v) is 6.96. The lowest BCUT2D eigenvalue weighted by Gasteiger charge is -2.44. The molecule has 4 aliphatic rings. The van der Waals surface area contributed by atoms with Gasteiger partial charge in [-0.3, -0.25) is 19.3 Å². The van der Waals surface area contributed by atoms with Gasteiger partial charge in [0.2, 0.25) is 0 Å². The number of fused-ring (bicyclic) bond motifs is 2. The number of nitrogens with one attached hydrogen (secondary N) is 1. The molecule has 2 aliphatic carbocycles. The highest BCUT2D eigenvalue weighted by Crippen LogP contribution is 2.59. The molecule has 2 N–H and O–H groups in total. The second kappa shape index (κ2) is 8.91. The summed E-state index contributed by atoms with van der Waals surface area (Å²) in [4.78, 5) is 39.3. The van der Waals surface area contributed by atoms with Crippen molar-refractivity contribution < 1.29 is 33.7 Å². The lowest BCUT2D eigenvalue weighted by Crippen LogP contribution is -2.54. The molecule has 9 atom stereocenters. The Kier molecular flexibility index (Phi) is 6.53. The number of piperazine rings is 1. The maximum Gasteiger partial charge on any atom is 0.311 e. The summed E-state index contributed by atoms with van der Waals surface area (Å²) in [5, 5.41) is 14.6. The average Bonchev–Trinajstić information content (AvgIpc) is 3.10. The predicted octanol–water partition coefficient (Wildman–Crippen LogP) is 0.340. The molecule has 2 aliphatic heterocycles. The van der Waals surface area contributed by atoms with Crippen molar-refractivity contribution in [1.29, 1.82) is 0 Å². The normalized spacial score (nSPS) is 44.2. The zero-order valence-corrected chi connectivity index (χ0v) is 19.4. The summed E-state index contributed by atoms with van der Waals surface area (Å²) in [6.45, 7) is 10.6. The molecule has 180 valence electrons. The standard InChI is InChI=1S/C23H36N2O7/c1-12-9-16-19(15(22(29)32-16)11-25-7-5-24-6-8-25)21(31-14(3)27)23(4)18(28)10-17(20(12)23)30-13(2)26/h12,15-21,24,28H,5-11H2,1-4H3/t12-,15?,16-,17+,18+,19+,20?,21+,23+/m0/s1. The van der Waals surface area contributed by atoms with Crippen LogP contribution in [0.1, 0.15) is 40.5 Å². The summed E-state index contributed by atoms with van der Waals surface area (Å²) in [6.07, 6.45) is -1.55. The molecule has 0 aromatic carbocycles. The number of hydrogen-bond donors (Lipinski definition) is 2. The van der Waals surface area contributed by atoms with Gasteiger partial charge in [-0.05, 0) is 12.3 Å². The highest BCUT2D eigenvalue weighted by Gasteiger charge is 2.67. The first-order valence-electron chi connectivity index (χ1n) is 11.8. The maximum atomic E-state index is 13.0. The third-order valence-electron chi connectivity index (χ3n) is 8.21. The van der Waals surface area contributed by atoms with Gasteiger partial charge in [-0.1, -0.05) is 13.8 Å². The average molecular weight is 453 g/mol. The van der Waals surface area contributed by atoms with Crippen LogP contribution in [0.3, 0.4) is 0 Å². The molecule has 2 heterocycles. The summed E-state index contributed by atoms with van der Waals surface area (Å²) >= 11 is 0. The zero-order chi connectivity index (χ0) is 23.2. The fourth-order valence-electron chi connectivity index (χ4n) is 6.96. The number of nitrogens with zero attached hydrogens (tertiary/aromatic N) is 1. The van der Waals surface area contributed by atoms with Gasteiger partial charge < -0.3 is 24.6 Å². The van der Waals surface area contributed by atoms with E-state index in [0.29, 0.717) is 13.0 Å². The van der Waals surface area contributed by atoms with Crippen molar-refractivity contribution in [2.24, 2.45) is 29.1 Å². The molecule has 0 radical (unpaired) electrons. The Balaban J connectivity index is 1.72. The summed E-state index contributed by atoms with van der Waals surface area (Å²) < 4.78 is 17.4. The first-order chi connectivity index (χ1) is 15.1. The van der Waals surface area contributed by atoms with E-state index in [4.69, 9.17) is 14.2 Å². The van der Waals surface area contributed by atoms with E-state index in [-0.39, 0.29) is 30.1 Å². The van der Waals surface area contributed by atoms with Crippen molar-refractivity contribution in [3.8, 4) is 0 Å². The van der Waals surface area contributed by atoms with E-state index in [0.717, 1.165) is 26.2 Å². The van der Waals surface area contributed by atoms with Gasteiger partial charge >= 0.3 is 17.9 Å². The van der Waals surface area contributed by atoms with Crippen LogP contribution in [0, 0.1) is 29.1 Å². The number of esters is 3. The van der Waals surface area contributed by atoms with Gasteiger partial charge in [-0.2, -0.15) is 0 Å². The lowest BCUT2D eigenvalue weighted by molar-refractivity contribution is -0.174. The van der Waals surface area contributed by atoms with Crippen molar-refractivity contribution in [2.75, 3.05) is 32.7 Å². The lowest BCUT2D eigenvalue weighted by atomic mass is 9.66. The van der Waals surface area contributed by atoms with Crippen LogP contribution >= 0.6 is 0 Å².